The van der Waals surface area contributed by atoms with Crippen LogP contribution in [0.4, 0.5) is 18.9 Å². The van der Waals surface area contributed by atoms with E-state index in [1.807, 2.05) is 18.3 Å². The molecule has 4 aromatic rings. The Kier molecular flexibility index (Phi) is 10.8. The number of β-amino-alcohol motifs (C(OH)–C–C–N with tert-alkyl or cyclic N) is 1. The van der Waals surface area contributed by atoms with Crippen molar-refractivity contribution in [3.8, 4) is 0 Å². The molecule has 1 unspecified atom stereocenters. The summed E-state index contributed by atoms with van der Waals surface area (Å²) in [6.45, 7) is 5.11. The van der Waals surface area contributed by atoms with Crippen molar-refractivity contribution in [2.75, 3.05) is 11.3 Å². The molecule has 236 valence electrons. The number of carboxylic acid groups (broad SMARTS) is 2. The molecule has 1 atom stereocenters. The van der Waals surface area contributed by atoms with Crippen molar-refractivity contribution in [3.63, 3.8) is 0 Å². The van der Waals surface area contributed by atoms with Gasteiger partial charge in [0, 0.05) is 41.4 Å². The standard InChI is InChI=1S/C28H31N3O5S.C2HF3O2/c1-28(2,14-16-31-15-13-20-17-22(27(33)34)11-12-25(20)31)29-19-26(32)21-7-6-8-23(18-21)30-37(35,36)24-9-4-3-5-10-24;3-2(4,5)1(6)7/h3-13,15,17-18,26,29-30,32H,14,16,19H2,1-2H3,(H,33,34);(H,6,7). The largest absolute Gasteiger partial charge is 0.490 e. The monoisotopic (exact) mass is 635 g/mol. The van der Waals surface area contributed by atoms with E-state index in [1.165, 1.54) is 12.1 Å². The maximum absolute atomic E-state index is 12.6. The van der Waals surface area contributed by atoms with Crippen LogP contribution in [0.1, 0.15) is 42.3 Å². The fourth-order valence-electron chi connectivity index (χ4n) is 4.13. The third-order valence-corrected chi connectivity index (χ3v) is 7.99. The zero-order valence-corrected chi connectivity index (χ0v) is 24.6. The van der Waals surface area contributed by atoms with Crippen LogP contribution in [0, 0.1) is 0 Å². The number of sulfonamides is 1. The van der Waals surface area contributed by atoms with Gasteiger partial charge in [-0.3, -0.25) is 4.72 Å². The zero-order chi connectivity index (χ0) is 32.7. The predicted octanol–water partition coefficient (Wildman–Crippen LogP) is 5.27. The maximum atomic E-state index is 12.6. The lowest BCUT2D eigenvalue weighted by atomic mass is 9.99. The molecule has 0 radical (unpaired) electrons. The molecule has 0 aliphatic heterocycles. The van der Waals surface area contributed by atoms with Crippen molar-refractivity contribution >= 4 is 38.6 Å². The Balaban J connectivity index is 0.000000676. The van der Waals surface area contributed by atoms with Gasteiger partial charge in [0.1, 0.15) is 0 Å². The Morgan fingerprint density at radius 2 is 1.59 bits per heavy atom. The predicted molar refractivity (Wildman–Crippen MR) is 158 cm³/mol. The van der Waals surface area contributed by atoms with Crippen molar-refractivity contribution in [3.05, 3.63) is 96.2 Å². The molecule has 3 aromatic carbocycles. The van der Waals surface area contributed by atoms with Crippen LogP contribution in [0.25, 0.3) is 10.9 Å². The summed E-state index contributed by atoms with van der Waals surface area (Å²) in [4.78, 5) is 20.3. The van der Waals surface area contributed by atoms with Crippen molar-refractivity contribution in [2.24, 2.45) is 0 Å². The topological polar surface area (TPSA) is 158 Å². The van der Waals surface area contributed by atoms with Crippen LogP contribution >= 0.6 is 0 Å². The minimum Gasteiger partial charge on any atom is -0.478 e. The quantitative estimate of drug-likeness (QED) is 0.149. The van der Waals surface area contributed by atoms with Crippen LogP contribution in [0.5, 0.6) is 0 Å². The second-order valence-electron chi connectivity index (χ2n) is 10.5. The highest BCUT2D eigenvalue weighted by molar-refractivity contribution is 7.92. The number of aromatic nitrogens is 1. The Morgan fingerprint density at radius 3 is 2.20 bits per heavy atom. The number of alkyl halides is 3. The lowest BCUT2D eigenvalue weighted by molar-refractivity contribution is -0.192. The molecule has 14 heteroatoms. The number of aliphatic carboxylic acids is 1. The number of hydrogen-bond acceptors (Lipinski definition) is 6. The number of carboxylic acids is 2. The number of aryl methyl sites for hydroxylation is 1. The molecule has 1 heterocycles. The SMILES string of the molecule is CC(C)(CCn1ccc2cc(C(=O)O)ccc21)NCC(O)c1cccc(NS(=O)(=O)c2ccccc2)c1.O=C(O)C(F)(F)F. The number of carbonyl (C=O) groups is 2. The zero-order valence-electron chi connectivity index (χ0n) is 23.7. The number of nitrogens with one attached hydrogen (secondary N) is 2. The summed E-state index contributed by atoms with van der Waals surface area (Å²) in [5.41, 5.74) is 1.91. The van der Waals surface area contributed by atoms with E-state index in [4.69, 9.17) is 9.90 Å². The van der Waals surface area contributed by atoms with Crippen LogP contribution in [-0.4, -0.2) is 58.5 Å². The number of fused-ring (bicyclic) bond motifs is 1. The van der Waals surface area contributed by atoms with Gasteiger partial charge in [-0.2, -0.15) is 13.2 Å². The molecule has 0 aliphatic rings. The van der Waals surface area contributed by atoms with Gasteiger partial charge in [-0.1, -0.05) is 30.3 Å². The summed E-state index contributed by atoms with van der Waals surface area (Å²) < 4.78 is 61.6. The number of aliphatic hydroxyl groups is 1. The highest BCUT2D eigenvalue weighted by atomic mass is 32.2. The van der Waals surface area contributed by atoms with Crippen molar-refractivity contribution in [1.29, 1.82) is 0 Å². The first-order chi connectivity index (χ1) is 20.5. The maximum Gasteiger partial charge on any atom is 0.490 e. The molecule has 1 aromatic heterocycles. The molecule has 10 nitrogen and oxygen atoms in total. The van der Waals surface area contributed by atoms with Gasteiger partial charge in [0.15, 0.2) is 0 Å². The summed E-state index contributed by atoms with van der Waals surface area (Å²) in [5.74, 6) is -3.70. The molecule has 0 fully saturated rings. The molecular formula is C30H32F3N3O7S. The van der Waals surface area contributed by atoms with Gasteiger partial charge in [0.25, 0.3) is 10.0 Å². The highest BCUT2D eigenvalue weighted by Crippen LogP contribution is 2.23. The lowest BCUT2D eigenvalue weighted by Gasteiger charge is -2.28. The average molecular weight is 636 g/mol. The molecule has 0 bridgehead atoms. The van der Waals surface area contributed by atoms with E-state index in [0.29, 0.717) is 17.8 Å². The van der Waals surface area contributed by atoms with Gasteiger partial charge in [-0.25, -0.2) is 18.0 Å². The second kappa shape index (κ2) is 13.9. The Morgan fingerprint density at radius 1 is 0.932 bits per heavy atom. The second-order valence-corrected chi connectivity index (χ2v) is 12.1. The average Bonchev–Trinajstić information content (AvgIpc) is 3.37. The first kappa shape index (κ1) is 34.1. The van der Waals surface area contributed by atoms with Crippen molar-refractivity contribution in [1.82, 2.24) is 9.88 Å². The summed E-state index contributed by atoms with van der Waals surface area (Å²) in [5, 5.41) is 31.4. The molecule has 0 amide bonds. The van der Waals surface area contributed by atoms with Crippen LogP contribution in [0.15, 0.2) is 90.0 Å². The summed E-state index contributed by atoms with van der Waals surface area (Å²) in [6, 6.07) is 21.9. The molecule has 44 heavy (non-hydrogen) atoms. The molecule has 0 aliphatic carbocycles. The van der Waals surface area contributed by atoms with E-state index < -0.39 is 34.2 Å². The number of rotatable bonds is 11. The third-order valence-electron chi connectivity index (χ3n) is 6.59. The van der Waals surface area contributed by atoms with Gasteiger partial charge in [-0.05, 0) is 74.4 Å². The van der Waals surface area contributed by atoms with E-state index in [-0.39, 0.29) is 22.5 Å². The first-order valence-corrected chi connectivity index (χ1v) is 14.7. The lowest BCUT2D eigenvalue weighted by Crippen LogP contribution is -2.42. The third kappa shape index (κ3) is 9.56. The molecular weight excluding hydrogens is 603 g/mol. The number of benzene rings is 3. The van der Waals surface area contributed by atoms with Crippen LogP contribution < -0.4 is 10.0 Å². The van der Waals surface area contributed by atoms with Crippen LogP contribution in [0.2, 0.25) is 0 Å². The number of hydrogen-bond donors (Lipinski definition) is 5. The normalized spacial score (nSPS) is 12.7. The molecule has 0 spiro atoms. The first-order valence-electron chi connectivity index (χ1n) is 13.2. The highest BCUT2D eigenvalue weighted by Gasteiger charge is 2.38. The molecule has 0 saturated carbocycles. The van der Waals surface area contributed by atoms with E-state index in [9.17, 15) is 36.6 Å². The molecule has 4 rings (SSSR count). The van der Waals surface area contributed by atoms with Gasteiger partial charge >= 0.3 is 18.1 Å². The van der Waals surface area contributed by atoms with E-state index in [2.05, 4.69) is 28.5 Å². The Bertz CT molecular complexity index is 1710. The van der Waals surface area contributed by atoms with Gasteiger partial charge in [0.05, 0.1) is 16.6 Å². The van der Waals surface area contributed by atoms with Crippen molar-refractivity contribution < 1.29 is 46.5 Å². The van der Waals surface area contributed by atoms with Gasteiger partial charge in [0.2, 0.25) is 0 Å². The number of aromatic carboxylic acids is 1. The minimum absolute atomic E-state index is 0.169. The van der Waals surface area contributed by atoms with Crippen LogP contribution in [0.3, 0.4) is 0 Å². The number of aliphatic hydroxyl groups excluding tert-OH is 1. The fourth-order valence-corrected chi connectivity index (χ4v) is 5.20. The van der Waals surface area contributed by atoms with E-state index in [0.717, 1.165) is 17.3 Å². The van der Waals surface area contributed by atoms with E-state index >= 15 is 0 Å². The smallest absolute Gasteiger partial charge is 0.478 e. The van der Waals surface area contributed by atoms with Crippen molar-refractivity contribution in [2.45, 2.75) is 49.5 Å². The number of nitrogens with zero attached hydrogens (tertiary/aromatic N) is 1. The van der Waals surface area contributed by atoms with Gasteiger partial charge < -0.3 is 25.2 Å². The molecule has 5 N–H and O–H groups in total. The van der Waals surface area contributed by atoms with E-state index in [1.54, 1.807) is 54.6 Å². The van der Waals surface area contributed by atoms with Crippen LogP contribution in [-0.2, 0) is 21.4 Å². The number of halogens is 3. The fraction of sp³-hybridized carbons (Fsp3) is 0.267. The molecule has 0 saturated heterocycles. The van der Waals surface area contributed by atoms with Gasteiger partial charge in [-0.15, -0.1) is 0 Å². The summed E-state index contributed by atoms with van der Waals surface area (Å²) in [7, 11) is -3.72. The Hall–Kier alpha value is -4.40. The summed E-state index contributed by atoms with van der Waals surface area (Å²) in [6.07, 6.45) is -3.20. The Labute approximate surface area is 251 Å². The summed E-state index contributed by atoms with van der Waals surface area (Å²) >= 11 is 0. The minimum atomic E-state index is -5.08. The number of anilines is 1.